The minimum Gasteiger partial charge on any atom is -0.493 e. The molecule has 1 aromatic heterocycles. The number of likely N-dealkylation sites (tertiary alicyclic amines) is 1. The van der Waals surface area contributed by atoms with E-state index in [0.29, 0.717) is 35.8 Å². The Morgan fingerprint density at radius 2 is 1.93 bits per heavy atom. The van der Waals surface area contributed by atoms with Crippen LogP contribution >= 0.6 is 0 Å². The largest absolute Gasteiger partial charge is 0.493 e. The molecule has 0 bridgehead atoms. The van der Waals surface area contributed by atoms with E-state index in [9.17, 15) is 9.90 Å². The second-order valence-corrected chi connectivity index (χ2v) is 7.19. The summed E-state index contributed by atoms with van der Waals surface area (Å²) in [5, 5.41) is 11.6. The van der Waals surface area contributed by atoms with Crippen molar-refractivity contribution in [2.24, 2.45) is 0 Å². The standard InChI is InChI=1S/C23H24N2O5/c1-28-21-8-6-16(12-22(21)29-2)23(27)25-11-9-20(19(26)14-25)30-17-7-5-15-4-3-10-24-18(15)13-17/h3-8,10,12-13,19-20,26H,9,11,14H2,1-2H3/t19-,20-/m1/s1. The highest BCUT2D eigenvalue weighted by atomic mass is 16.5. The molecule has 156 valence electrons. The Hall–Kier alpha value is -3.32. The van der Waals surface area contributed by atoms with Crippen LogP contribution in [0.5, 0.6) is 17.2 Å². The SMILES string of the molecule is COc1ccc(C(=O)N2CC[C@@H](Oc3ccc4cccnc4c3)[C@H](O)C2)cc1OC. The molecule has 1 saturated heterocycles. The number of hydrogen-bond acceptors (Lipinski definition) is 6. The third-order valence-electron chi connectivity index (χ3n) is 5.30. The lowest BCUT2D eigenvalue weighted by Gasteiger charge is -2.36. The van der Waals surface area contributed by atoms with Crippen LogP contribution < -0.4 is 14.2 Å². The Balaban J connectivity index is 1.42. The summed E-state index contributed by atoms with van der Waals surface area (Å²) in [7, 11) is 3.08. The van der Waals surface area contributed by atoms with E-state index in [1.165, 1.54) is 7.11 Å². The van der Waals surface area contributed by atoms with Gasteiger partial charge in [-0.3, -0.25) is 9.78 Å². The molecule has 2 heterocycles. The molecule has 1 N–H and O–H groups in total. The third-order valence-corrected chi connectivity index (χ3v) is 5.30. The van der Waals surface area contributed by atoms with E-state index in [-0.39, 0.29) is 18.6 Å². The van der Waals surface area contributed by atoms with Crippen molar-refractivity contribution in [1.29, 1.82) is 0 Å². The molecule has 0 saturated carbocycles. The van der Waals surface area contributed by atoms with E-state index in [0.717, 1.165) is 10.9 Å². The first-order valence-corrected chi connectivity index (χ1v) is 9.80. The average molecular weight is 408 g/mol. The van der Waals surface area contributed by atoms with Crippen LogP contribution in [0.2, 0.25) is 0 Å². The summed E-state index contributed by atoms with van der Waals surface area (Å²) < 4.78 is 16.5. The minimum atomic E-state index is -0.790. The molecular weight excluding hydrogens is 384 g/mol. The summed E-state index contributed by atoms with van der Waals surface area (Å²) in [4.78, 5) is 18.9. The number of aliphatic hydroxyl groups excluding tert-OH is 1. The van der Waals surface area contributed by atoms with Crippen LogP contribution in [0.15, 0.2) is 54.7 Å². The quantitative estimate of drug-likeness (QED) is 0.699. The van der Waals surface area contributed by atoms with Crippen molar-refractivity contribution >= 4 is 16.8 Å². The molecule has 1 fully saturated rings. The zero-order valence-corrected chi connectivity index (χ0v) is 16.9. The maximum Gasteiger partial charge on any atom is 0.254 e. The summed E-state index contributed by atoms with van der Waals surface area (Å²) in [6.45, 7) is 0.685. The molecule has 0 aliphatic carbocycles. The van der Waals surface area contributed by atoms with Gasteiger partial charge in [-0.05, 0) is 36.4 Å². The lowest BCUT2D eigenvalue weighted by molar-refractivity contribution is -0.0198. The van der Waals surface area contributed by atoms with Crippen molar-refractivity contribution < 1.29 is 24.1 Å². The molecule has 0 unspecified atom stereocenters. The van der Waals surface area contributed by atoms with Gasteiger partial charge in [0.1, 0.15) is 18.0 Å². The van der Waals surface area contributed by atoms with Gasteiger partial charge in [-0.25, -0.2) is 0 Å². The van der Waals surface area contributed by atoms with Gasteiger partial charge in [0, 0.05) is 36.2 Å². The number of benzene rings is 2. The lowest BCUT2D eigenvalue weighted by atomic mass is 10.0. The summed E-state index contributed by atoms with van der Waals surface area (Å²) >= 11 is 0. The van der Waals surface area contributed by atoms with Gasteiger partial charge in [-0.15, -0.1) is 0 Å². The number of aromatic nitrogens is 1. The third kappa shape index (κ3) is 4.02. The molecule has 7 nitrogen and oxygen atoms in total. The fourth-order valence-corrected chi connectivity index (χ4v) is 3.68. The number of carbonyl (C=O) groups is 1. The maximum absolute atomic E-state index is 12.9. The molecule has 3 aromatic rings. The number of piperidine rings is 1. The lowest BCUT2D eigenvalue weighted by Crippen LogP contribution is -2.51. The van der Waals surface area contributed by atoms with Crippen LogP contribution in [0.3, 0.4) is 0 Å². The molecule has 2 aromatic carbocycles. The van der Waals surface area contributed by atoms with Crippen LogP contribution in [0, 0.1) is 0 Å². The highest BCUT2D eigenvalue weighted by molar-refractivity contribution is 5.95. The number of amides is 1. The van der Waals surface area contributed by atoms with Crippen molar-refractivity contribution in [2.45, 2.75) is 18.6 Å². The van der Waals surface area contributed by atoms with Crippen LogP contribution in [0.4, 0.5) is 0 Å². The van der Waals surface area contributed by atoms with Gasteiger partial charge in [-0.1, -0.05) is 6.07 Å². The van der Waals surface area contributed by atoms with Gasteiger partial charge in [-0.2, -0.15) is 0 Å². The Morgan fingerprint density at radius 3 is 2.70 bits per heavy atom. The topological polar surface area (TPSA) is 81.1 Å². The molecule has 1 aliphatic rings. The van der Waals surface area contributed by atoms with Gasteiger partial charge >= 0.3 is 0 Å². The predicted molar refractivity (Wildman–Crippen MR) is 112 cm³/mol. The van der Waals surface area contributed by atoms with Crippen molar-refractivity contribution in [2.75, 3.05) is 27.3 Å². The molecule has 2 atom stereocenters. The molecule has 0 spiro atoms. The smallest absolute Gasteiger partial charge is 0.254 e. The van der Waals surface area contributed by atoms with Crippen LogP contribution in [-0.2, 0) is 0 Å². The zero-order valence-electron chi connectivity index (χ0n) is 16.9. The number of rotatable bonds is 5. The molecule has 0 radical (unpaired) electrons. The van der Waals surface area contributed by atoms with Crippen LogP contribution in [-0.4, -0.2) is 60.4 Å². The van der Waals surface area contributed by atoms with Crippen molar-refractivity contribution in [3.05, 3.63) is 60.3 Å². The fourth-order valence-electron chi connectivity index (χ4n) is 3.68. The van der Waals surface area contributed by atoms with Crippen molar-refractivity contribution in [3.8, 4) is 17.2 Å². The number of carbonyl (C=O) groups excluding carboxylic acids is 1. The molecule has 1 aliphatic heterocycles. The van der Waals surface area contributed by atoms with E-state index in [2.05, 4.69) is 4.98 Å². The fraction of sp³-hybridized carbons (Fsp3) is 0.304. The maximum atomic E-state index is 12.9. The van der Waals surface area contributed by atoms with Crippen LogP contribution in [0.25, 0.3) is 10.9 Å². The summed E-state index contributed by atoms with van der Waals surface area (Å²) in [5.41, 5.74) is 1.32. The Kier molecular flexibility index (Phi) is 5.72. The molecular formula is C23H24N2O5. The van der Waals surface area contributed by atoms with E-state index >= 15 is 0 Å². The zero-order chi connectivity index (χ0) is 21.1. The van der Waals surface area contributed by atoms with Gasteiger partial charge < -0.3 is 24.2 Å². The van der Waals surface area contributed by atoms with Gasteiger partial charge in [0.15, 0.2) is 11.5 Å². The summed E-state index contributed by atoms with van der Waals surface area (Å²) in [6.07, 6.45) is 1.09. The van der Waals surface area contributed by atoms with Gasteiger partial charge in [0.2, 0.25) is 0 Å². The number of fused-ring (bicyclic) bond motifs is 1. The van der Waals surface area contributed by atoms with E-state index in [1.807, 2.05) is 30.3 Å². The van der Waals surface area contributed by atoms with Crippen LogP contribution in [0.1, 0.15) is 16.8 Å². The van der Waals surface area contributed by atoms with Crippen molar-refractivity contribution in [3.63, 3.8) is 0 Å². The number of aliphatic hydroxyl groups is 1. The summed E-state index contributed by atoms with van der Waals surface area (Å²) in [5.74, 6) is 1.55. The van der Waals surface area contributed by atoms with E-state index in [4.69, 9.17) is 14.2 Å². The highest BCUT2D eigenvalue weighted by Crippen LogP contribution is 2.29. The second kappa shape index (κ2) is 8.59. The van der Waals surface area contributed by atoms with E-state index < -0.39 is 6.10 Å². The predicted octanol–water partition coefficient (Wildman–Crippen LogP) is 2.91. The van der Waals surface area contributed by atoms with Gasteiger partial charge in [0.25, 0.3) is 5.91 Å². The molecule has 30 heavy (non-hydrogen) atoms. The monoisotopic (exact) mass is 408 g/mol. The number of methoxy groups -OCH3 is 2. The normalized spacial score (nSPS) is 18.8. The first-order valence-electron chi connectivity index (χ1n) is 9.80. The molecule has 4 rings (SSSR count). The van der Waals surface area contributed by atoms with E-state index in [1.54, 1.807) is 36.4 Å². The number of ether oxygens (including phenoxy) is 3. The summed E-state index contributed by atoms with van der Waals surface area (Å²) in [6, 6.07) is 14.6. The Bertz CT molecular complexity index is 1050. The Morgan fingerprint density at radius 1 is 1.10 bits per heavy atom. The molecule has 1 amide bonds. The van der Waals surface area contributed by atoms with Gasteiger partial charge in [0.05, 0.1) is 26.3 Å². The number of pyridine rings is 1. The second-order valence-electron chi connectivity index (χ2n) is 7.19. The van der Waals surface area contributed by atoms with Crippen molar-refractivity contribution in [1.82, 2.24) is 9.88 Å². The Labute approximate surface area is 174 Å². The number of nitrogens with zero attached hydrogens (tertiary/aromatic N) is 2. The number of β-amino-alcohol motifs (C(OH)–C–C–N with tert-alkyl or cyclic N) is 1. The number of hydrogen-bond donors (Lipinski definition) is 1. The first-order chi connectivity index (χ1) is 14.6. The first kappa shape index (κ1) is 20.0. The minimum absolute atomic E-state index is 0.164. The average Bonchev–Trinajstić information content (AvgIpc) is 2.79. The highest BCUT2D eigenvalue weighted by Gasteiger charge is 2.32. The molecule has 7 heteroatoms.